The number of benzene rings is 2. The molecule has 0 heterocycles. The number of fused-ring (bicyclic) bond motifs is 1. The molecule has 22 heavy (non-hydrogen) atoms. The van der Waals surface area contributed by atoms with Gasteiger partial charge >= 0.3 is 12.1 Å². The molecular formula is C16H12F3NO2. The van der Waals surface area contributed by atoms with Gasteiger partial charge in [-0.25, -0.2) is 4.79 Å². The average Bonchev–Trinajstić information content (AvgIpc) is 2.45. The third kappa shape index (κ3) is 3.52. The van der Waals surface area contributed by atoms with Crippen LogP contribution in [0.4, 0.5) is 13.2 Å². The maximum atomic E-state index is 13.1. The third-order valence-corrected chi connectivity index (χ3v) is 2.86. The Hall–Kier alpha value is -2.63. The fourth-order valence-corrected chi connectivity index (χ4v) is 1.77. The molecule has 2 aromatic rings. The molecule has 0 fully saturated rings. The van der Waals surface area contributed by atoms with Crippen LogP contribution in [0.2, 0.25) is 0 Å². The third-order valence-electron chi connectivity index (χ3n) is 2.86. The average molecular weight is 307 g/mol. The molecule has 0 bridgehead atoms. The van der Waals surface area contributed by atoms with E-state index in [9.17, 15) is 18.0 Å². The summed E-state index contributed by atoms with van der Waals surface area (Å²) in [7, 11) is 0. The molecule has 0 aliphatic rings. The van der Waals surface area contributed by atoms with Gasteiger partial charge in [-0.1, -0.05) is 48.1 Å². The van der Waals surface area contributed by atoms with E-state index in [2.05, 4.69) is 16.6 Å². The minimum absolute atomic E-state index is 0.0382. The van der Waals surface area contributed by atoms with Crippen LogP contribution in [0.3, 0.4) is 0 Å². The van der Waals surface area contributed by atoms with E-state index in [1.165, 1.54) is 19.1 Å². The van der Waals surface area contributed by atoms with Crippen molar-refractivity contribution >= 4 is 22.5 Å². The Kier molecular flexibility index (Phi) is 4.30. The van der Waals surface area contributed by atoms with Crippen LogP contribution in [0.25, 0.3) is 10.8 Å². The van der Waals surface area contributed by atoms with E-state index in [4.69, 9.17) is 0 Å². The van der Waals surface area contributed by atoms with Gasteiger partial charge in [0.05, 0.1) is 0 Å². The van der Waals surface area contributed by atoms with E-state index >= 15 is 0 Å². The lowest BCUT2D eigenvalue weighted by molar-refractivity contribution is -0.139. The number of carbonyl (C=O) groups is 1. The van der Waals surface area contributed by atoms with Crippen molar-refractivity contribution in [3.63, 3.8) is 0 Å². The molecule has 0 unspecified atom stereocenters. The van der Waals surface area contributed by atoms with Crippen molar-refractivity contribution in [3.05, 3.63) is 60.2 Å². The zero-order chi connectivity index (χ0) is 16.3. The summed E-state index contributed by atoms with van der Waals surface area (Å²) in [6, 6.07) is 11.1. The van der Waals surface area contributed by atoms with Crippen LogP contribution < -0.4 is 0 Å². The molecule has 6 heteroatoms. The predicted octanol–water partition coefficient (Wildman–Crippen LogP) is 4.23. The molecule has 114 valence electrons. The summed E-state index contributed by atoms with van der Waals surface area (Å²) in [5.41, 5.74) is -1.49. The molecular weight excluding hydrogens is 295 g/mol. The Balaban J connectivity index is 2.45. The predicted molar refractivity (Wildman–Crippen MR) is 77.4 cm³/mol. The van der Waals surface area contributed by atoms with E-state index in [1.54, 1.807) is 30.3 Å². The van der Waals surface area contributed by atoms with Crippen LogP contribution >= 0.6 is 0 Å². The van der Waals surface area contributed by atoms with Gasteiger partial charge < -0.3 is 4.84 Å². The molecule has 0 aromatic heterocycles. The first-order valence-corrected chi connectivity index (χ1v) is 6.30. The highest BCUT2D eigenvalue weighted by molar-refractivity contribution is 6.07. The minimum Gasteiger partial charge on any atom is -0.313 e. The van der Waals surface area contributed by atoms with E-state index in [1.807, 2.05) is 0 Å². The Morgan fingerprint density at radius 1 is 1.14 bits per heavy atom. The molecule has 0 radical (unpaired) electrons. The van der Waals surface area contributed by atoms with Crippen molar-refractivity contribution < 1.29 is 22.8 Å². The molecule has 0 amide bonds. The SMILES string of the molecule is C=C(C)C(=O)O/N=C(\c1ccc2ccccc2c1)C(F)(F)F. The summed E-state index contributed by atoms with van der Waals surface area (Å²) in [4.78, 5) is 15.5. The highest BCUT2D eigenvalue weighted by Gasteiger charge is 2.38. The Labute approximate surface area is 124 Å². The number of rotatable bonds is 3. The lowest BCUT2D eigenvalue weighted by Crippen LogP contribution is -2.25. The lowest BCUT2D eigenvalue weighted by Gasteiger charge is -2.10. The van der Waals surface area contributed by atoms with E-state index in [-0.39, 0.29) is 11.1 Å². The molecule has 0 saturated heterocycles. The second-order valence-electron chi connectivity index (χ2n) is 4.66. The van der Waals surface area contributed by atoms with Gasteiger partial charge in [-0.3, -0.25) is 0 Å². The summed E-state index contributed by atoms with van der Waals surface area (Å²) in [6.07, 6.45) is -4.75. The Morgan fingerprint density at radius 3 is 2.36 bits per heavy atom. The molecule has 0 aliphatic carbocycles. The van der Waals surface area contributed by atoms with Gasteiger partial charge in [-0.05, 0) is 23.8 Å². The van der Waals surface area contributed by atoms with Crippen LogP contribution in [0.1, 0.15) is 12.5 Å². The smallest absolute Gasteiger partial charge is 0.313 e. The molecule has 0 N–H and O–H groups in total. The van der Waals surface area contributed by atoms with Crippen molar-refractivity contribution in [2.45, 2.75) is 13.1 Å². The molecule has 2 rings (SSSR count). The number of halogens is 3. The Bertz CT molecular complexity index is 763. The maximum absolute atomic E-state index is 13.1. The summed E-state index contributed by atoms with van der Waals surface area (Å²) < 4.78 is 39.3. The molecule has 0 aliphatic heterocycles. The first-order chi connectivity index (χ1) is 10.3. The zero-order valence-electron chi connectivity index (χ0n) is 11.6. The highest BCUT2D eigenvalue weighted by Crippen LogP contribution is 2.25. The minimum atomic E-state index is -4.75. The highest BCUT2D eigenvalue weighted by atomic mass is 19.4. The number of oxime groups is 1. The summed E-state index contributed by atoms with van der Waals surface area (Å²) in [6.45, 7) is 4.60. The van der Waals surface area contributed by atoms with Crippen LogP contribution in [-0.4, -0.2) is 17.9 Å². The van der Waals surface area contributed by atoms with Gasteiger partial charge in [0, 0.05) is 11.1 Å². The number of nitrogens with zero attached hydrogens (tertiary/aromatic N) is 1. The standard InChI is InChI=1S/C16H12F3NO2/c1-10(2)15(21)22-20-14(16(17,18)19)13-8-7-11-5-3-4-6-12(11)9-13/h3-9H,1H2,2H3/b20-14+. The van der Waals surface area contributed by atoms with Crippen molar-refractivity contribution in [3.8, 4) is 0 Å². The van der Waals surface area contributed by atoms with Gasteiger partial charge in [-0.15, -0.1) is 0 Å². The van der Waals surface area contributed by atoms with Crippen molar-refractivity contribution in [2.24, 2.45) is 5.16 Å². The second kappa shape index (κ2) is 6.01. The van der Waals surface area contributed by atoms with Crippen molar-refractivity contribution in [2.75, 3.05) is 0 Å². The van der Waals surface area contributed by atoms with E-state index in [0.29, 0.717) is 5.39 Å². The second-order valence-corrected chi connectivity index (χ2v) is 4.66. The number of hydrogen-bond donors (Lipinski definition) is 0. The van der Waals surface area contributed by atoms with Crippen molar-refractivity contribution in [1.82, 2.24) is 0 Å². The van der Waals surface area contributed by atoms with Gasteiger partial charge in [0.15, 0.2) is 5.71 Å². The first-order valence-electron chi connectivity index (χ1n) is 6.30. The largest absolute Gasteiger partial charge is 0.437 e. The monoisotopic (exact) mass is 307 g/mol. The zero-order valence-corrected chi connectivity index (χ0v) is 11.6. The molecule has 0 atom stereocenters. The molecule has 3 nitrogen and oxygen atoms in total. The molecule has 0 spiro atoms. The number of carbonyl (C=O) groups excluding carboxylic acids is 1. The Morgan fingerprint density at radius 2 is 1.77 bits per heavy atom. The van der Waals surface area contributed by atoms with Crippen molar-refractivity contribution in [1.29, 1.82) is 0 Å². The van der Waals surface area contributed by atoms with Gasteiger partial charge in [0.25, 0.3) is 0 Å². The molecule has 0 saturated carbocycles. The fourth-order valence-electron chi connectivity index (χ4n) is 1.77. The number of alkyl halides is 3. The van der Waals surface area contributed by atoms with Crippen LogP contribution in [0.5, 0.6) is 0 Å². The topological polar surface area (TPSA) is 38.7 Å². The first kappa shape index (κ1) is 15.8. The summed E-state index contributed by atoms with van der Waals surface area (Å²) >= 11 is 0. The van der Waals surface area contributed by atoms with Gasteiger partial charge in [0.1, 0.15) is 0 Å². The normalized spacial score (nSPS) is 12.3. The summed E-state index contributed by atoms with van der Waals surface area (Å²) in [5, 5.41) is 4.40. The number of hydrogen-bond acceptors (Lipinski definition) is 3. The van der Waals surface area contributed by atoms with Crippen LogP contribution in [0.15, 0.2) is 59.8 Å². The molecule has 2 aromatic carbocycles. The quantitative estimate of drug-likeness (QED) is 0.368. The maximum Gasteiger partial charge on any atom is 0.437 e. The summed E-state index contributed by atoms with van der Waals surface area (Å²) in [5.74, 6) is -1.01. The van der Waals surface area contributed by atoms with E-state index < -0.39 is 17.9 Å². The fraction of sp³-hybridized carbons (Fsp3) is 0.125. The van der Waals surface area contributed by atoms with Gasteiger partial charge in [0.2, 0.25) is 0 Å². The van der Waals surface area contributed by atoms with Crippen LogP contribution in [0, 0.1) is 0 Å². The van der Waals surface area contributed by atoms with Crippen LogP contribution in [-0.2, 0) is 9.63 Å². The van der Waals surface area contributed by atoms with E-state index in [0.717, 1.165) is 5.39 Å². The lowest BCUT2D eigenvalue weighted by atomic mass is 10.0. The van der Waals surface area contributed by atoms with Gasteiger partial charge in [-0.2, -0.15) is 13.2 Å².